The van der Waals surface area contributed by atoms with Gasteiger partial charge in [-0.15, -0.1) is 0 Å². The van der Waals surface area contributed by atoms with E-state index < -0.39 is 0 Å². The molecule has 1 heterocycles. The summed E-state index contributed by atoms with van der Waals surface area (Å²) >= 11 is 0. The van der Waals surface area contributed by atoms with Crippen LogP contribution in [0.1, 0.15) is 42.0 Å². The number of imidazole rings is 1. The van der Waals surface area contributed by atoms with Crippen molar-refractivity contribution in [2.45, 2.75) is 40.2 Å². The van der Waals surface area contributed by atoms with Gasteiger partial charge < -0.3 is 15.2 Å². The van der Waals surface area contributed by atoms with Gasteiger partial charge in [0, 0.05) is 25.1 Å². The molecule has 2 N–H and O–H groups in total. The highest BCUT2D eigenvalue weighted by Crippen LogP contribution is 2.17. The number of nitrogens with one attached hydrogen (secondary N) is 2. The fraction of sp³-hybridized carbons (Fsp3) is 0.375. The maximum absolute atomic E-state index is 12.4. The average molecular weight is 407 g/mol. The topological polar surface area (TPSA) is 76.0 Å². The van der Waals surface area contributed by atoms with E-state index in [0.29, 0.717) is 31.0 Å². The summed E-state index contributed by atoms with van der Waals surface area (Å²) in [5.41, 5.74) is 3.63. The van der Waals surface area contributed by atoms with Crippen molar-refractivity contribution in [1.82, 2.24) is 20.2 Å². The number of aromatic nitrogens is 2. The Morgan fingerprint density at radius 1 is 1.03 bits per heavy atom. The number of carbonyl (C=O) groups excluding carboxylic acids is 2. The maximum atomic E-state index is 12.4. The molecule has 3 rings (SSSR count). The minimum absolute atomic E-state index is 0.0132. The Hall–Kier alpha value is -3.15. The molecule has 0 saturated heterocycles. The second-order valence-corrected chi connectivity index (χ2v) is 8.03. The first-order valence-corrected chi connectivity index (χ1v) is 10.5. The first kappa shape index (κ1) is 21.6. The van der Waals surface area contributed by atoms with Crippen molar-refractivity contribution in [2.24, 2.45) is 5.92 Å². The minimum atomic E-state index is -0.0726. The molecule has 2 aromatic carbocycles. The van der Waals surface area contributed by atoms with Crippen LogP contribution in [0.25, 0.3) is 11.0 Å². The predicted molar refractivity (Wildman–Crippen MR) is 119 cm³/mol. The van der Waals surface area contributed by atoms with Crippen molar-refractivity contribution in [2.75, 3.05) is 13.1 Å². The summed E-state index contributed by atoms with van der Waals surface area (Å²) < 4.78 is 1.98. The van der Waals surface area contributed by atoms with Crippen molar-refractivity contribution in [3.8, 4) is 0 Å². The van der Waals surface area contributed by atoms with Crippen molar-refractivity contribution < 1.29 is 9.59 Å². The van der Waals surface area contributed by atoms with Crippen LogP contribution >= 0.6 is 0 Å². The van der Waals surface area contributed by atoms with Crippen molar-refractivity contribution in [3.63, 3.8) is 0 Å². The van der Waals surface area contributed by atoms with Gasteiger partial charge in [0.15, 0.2) is 0 Å². The zero-order chi connectivity index (χ0) is 21.5. The summed E-state index contributed by atoms with van der Waals surface area (Å²) in [6, 6.07) is 15.4. The molecule has 3 aromatic rings. The van der Waals surface area contributed by atoms with Gasteiger partial charge in [-0.3, -0.25) is 9.59 Å². The number of para-hydroxylation sites is 2. The lowest BCUT2D eigenvalue weighted by Gasteiger charge is -2.11. The van der Waals surface area contributed by atoms with Gasteiger partial charge in [-0.2, -0.15) is 0 Å². The summed E-state index contributed by atoms with van der Waals surface area (Å²) in [6.07, 6.45) is 1.43. The largest absolute Gasteiger partial charge is 0.354 e. The molecule has 1 aromatic heterocycles. The molecule has 0 aliphatic heterocycles. The van der Waals surface area contributed by atoms with Gasteiger partial charge in [0.25, 0.3) is 5.91 Å². The molecule has 0 saturated carbocycles. The lowest BCUT2D eigenvalue weighted by Crippen LogP contribution is -2.31. The van der Waals surface area contributed by atoms with E-state index in [1.165, 1.54) is 0 Å². The third-order valence-corrected chi connectivity index (χ3v) is 4.92. The van der Waals surface area contributed by atoms with Crippen molar-refractivity contribution in [3.05, 3.63) is 65.5 Å². The highest BCUT2D eigenvalue weighted by Gasteiger charge is 2.14. The number of amides is 2. The molecule has 0 unspecified atom stereocenters. The molecule has 2 amide bonds. The average Bonchev–Trinajstić information content (AvgIpc) is 3.07. The van der Waals surface area contributed by atoms with Gasteiger partial charge in [-0.1, -0.05) is 43.7 Å². The Balaban J connectivity index is 1.61. The van der Waals surface area contributed by atoms with Crippen molar-refractivity contribution in [1.29, 1.82) is 0 Å². The Bertz CT molecular complexity index is 1010. The summed E-state index contributed by atoms with van der Waals surface area (Å²) in [5.74, 6) is 1.18. The molecule has 6 heteroatoms. The third kappa shape index (κ3) is 5.69. The third-order valence-electron chi connectivity index (χ3n) is 4.92. The Morgan fingerprint density at radius 3 is 2.50 bits per heavy atom. The maximum Gasteiger partial charge on any atom is 0.251 e. The number of aryl methyl sites for hydroxylation is 2. The molecule has 0 aliphatic carbocycles. The van der Waals surface area contributed by atoms with Crippen LogP contribution in [0.2, 0.25) is 0 Å². The van der Waals surface area contributed by atoms with Crippen LogP contribution in [0, 0.1) is 12.8 Å². The van der Waals surface area contributed by atoms with Crippen molar-refractivity contribution >= 4 is 22.8 Å². The van der Waals surface area contributed by atoms with Crippen LogP contribution in [0.3, 0.4) is 0 Å². The molecular formula is C24H30N4O2. The molecule has 0 aliphatic rings. The van der Waals surface area contributed by atoms with Crippen LogP contribution < -0.4 is 10.6 Å². The molecule has 0 radical (unpaired) electrons. The minimum Gasteiger partial charge on any atom is -0.354 e. The molecule has 0 bridgehead atoms. The molecule has 30 heavy (non-hydrogen) atoms. The monoisotopic (exact) mass is 406 g/mol. The van der Waals surface area contributed by atoms with E-state index in [1.54, 1.807) is 0 Å². The van der Waals surface area contributed by atoms with E-state index in [2.05, 4.69) is 24.5 Å². The number of carbonyl (C=O) groups is 2. The first-order valence-electron chi connectivity index (χ1n) is 10.5. The van der Waals surface area contributed by atoms with E-state index in [0.717, 1.165) is 28.8 Å². The lowest BCUT2D eigenvalue weighted by atomic mass is 10.1. The highest BCUT2D eigenvalue weighted by molar-refractivity contribution is 5.94. The number of hydrogen-bond donors (Lipinski definition) is 2. The summed E-state index contributed by atoms with van der Waals surface area (Å²) in [7, 11) is 0. The second-order valence-electron chi connectivity index (χ2n) is 8.03. The molecule has 6 nitrogen and oxygen atoms in total. The van der Waals surface area contributed by atoms with Crippen LogP contribution in [-0.2, 0) is 17.8 Å². The fourth-order valence-corrected chi connectivity index (χ4v) is 3.27. The number of hydrogen-bond acceptors (Lipinski definition) is 3. The Kier molecular flexibility index (Phi) is 7.22. The molecule has 158 valence electrons. The van der Waals surface area contributed by atoms with Gasteiger partial charge in [-0.25, -0.2) is 4.98 Å². The molecule has 0 atom stereocenters. The number of rotatable bonds is 9. The van der Waals surface area contributed by atoms with Crippen LogP contribution in [-0.4, -0.2) is 34.5 Å². The zero-order valence-electron chi connectivity index (χ0n) is 17.9. The quantitative estimate of drug-likeness (QED) is 0.534. The lowest BCUT2D eigenvalue weighted by molar-refractivity contribution is -0.121. The van der Waals surface area contributed by atoms with Gasteiger partial charge in [0.1, 0.15) is 12.4 Å². The predicted octanol–water partition coefficient (Wildman–Crippen LogP) is 3.48. The number of benzene rings is 2. The van der Waals surface area contributed by atoms with Crippen LogP contribution in [0.4, 0.5) is 0 Å². The number of fused-ring (bicyclic) bond motifs is 1. The molecule has 0 fully saturated rings. The summed E-state index contributed by atoms with van der Waals surface area (Å²) in [4.78, 5) is 29.4. The normalized spacial score (nSPS) is 11.1. The molecular weight excluding hydrogens is 376 g/mol. The van der Waals surface area contributed by atoms with Crippen LogP contribution in [0.15, 0.2) is 48.5 Å². The van der Waals surface area contributed by atoms with Gasteiger partial charge >= 0.3 is 0 Å². The summed E-state index contributed by atoms with van der Waals surface area (Å²) in [6.45, 7) is 7.60. The van der Waals surface area contributed by atoms with E-state index in [9.17, 15) is 9.59 Å². The van der Waals surface area contributed by atoms with E-state index in [1.807, 2.05) is 60.0 Å². The summed E-state index contributed by atoms with van der Waals surface area (Å²) in [5, 5.41) is 5.93. The standard InChI is InChI=1S/C24H30N4O2/c1-17(2)15-26-23(29)16-28-21-8-5-4-7-20(21)27-22(28)9-6-14-25-24(30)19-12-10-18(3)11-13-19/h4-5,7-8,10-13,17H,6,9,14-16H2,1-3H3,(H,25,30)(H,26,29). The van der Waals surface area contributed by atoms with E-state index in [-0.39, 0.29) is 18.4 Å². The van der Waals surface area contributed by atoms with Crippen LogP contribution in [0.5, 0.6) is 0 Å². The second kappa shape index (κ2) is 10.1. The van der Waals surface area contributed by atoms with E-state index >= 15 is 0 Å². The smallest absolute Gasteiger partial charge is 0.251 e. The highest BCUT2D eigenvalue weighted by atomic mass is 16.2. The first-order chi connectivity index (χ1) is 14.4. The zero-order valence-corrected chi connectivity index (χ0v) is 17.9. The van der Waals surface area contributed by atoms with Gasteiger partial charge in [-0.05, 0) is 43.5 Å². The molecule has 0 spiro atoms. The fourth-order valence-electron chi connectivity index (χ4n) is 3.27. The Labute approximate surface area is 177 Å². The Morgan fingerprint density at radius 2 is 1.77 bits per heavy atom. The van der Waals surface area contributed by atoms with Gasteiger partial charge in [0.05, 0.1) is 11.0 Å². The van der Waals surface area contributed by atoms with Gasteiger partial charge in [0.2, 0.25) is 5.91 Å². The van der Waals surface area contributed by atoms with E-state index in [4.69, 9.17) is 4.98 Å². The number of nitrogens with zero attached hydrogens (tertiary/aromatic N) is 2. The SMILES string of the molecule is Cc1ccc(C(=O)NCCCc2nc3ccccc3n2CC(=O)NCC(C)C)cc1.